The second-order valence-corrected chi connectivity index (χ2v) is 3.40. The molecule has 88 valence electrons. The van der Waals surface area contributed by atoms with Crippen LogP contribution in [0.4, 0.5) is 14.5 Å². The zero-order valence-electron chi connectivity index (χ0n) is 8.89. The van der Waals surface area contributed by atoms with E-state index in [0.29, 0.717) is 6.54 Å². The van der Waals surface area contributed by atoms with Crippen LogP contribution in [-0.4, -0.2) is 17.6 Å². The van der Waals surface area contributed by atoms with E-state index in [-0.39, 0.29) is 5.69 Å². The molecule has 0 heterocycles. The van der Waals surface area contributed by atoms with Crippen molar-refractivity contribution in [2.45, 2.75) is 19.8 Å². The van der Waals surface area contributed by atoms with Crippen molar-refractivity contribution < 1.29 is 18.7 Å². The Balaban J connectivity index is 2.89. The largest absolute Gasteiger partial charge is 0.478 e. The van der Waals surface area contributed by atoms with Gasteiger partial charge in [-0.15, -0.1) is 0 Å². The maximum atomic E-state index is 13.3. The lowest BCUT2D eigenvalue weighted by molar-refractivity contribution is 0.0696. The van der Waals surface area contributed by atoms with Crippen LogP contribution in [0.3, 0.4) is 0 Å². The Hall–Kier alpha value is -1.65. The van der Waals surface area contributed by atoms with Gasteiger partial charge in [0, 0.05) is 6.54 Å². The molecular formula is C11H13F2NO2. The molecule has 0 spiro atoms. The first kappa shape index (κ1) is 12.4. The summed E-state index contributed by atoms with van der Waals surface area (Å²) in [6, 6.07) is 1.61. The number of nitrogens with one attached hydrogen (secondary N) is 1. The highest BCUT2D eigenvalue weighted by Crippen LogP contribution is 2.20. The molecule has 0 saturated carbocycles. The summed E-state index contributed by atoms with van der Waals surface area (Å²) in [5.41, 5.74) is -0.658. The van der Waals surface area contributed by atoms with Gasteiger partial charge in [-0.3, -0.25) is 0 Å². The predicted octanol–water partition coefficient (Wildman–Crippen LogP) is 2.88. The molecule has 2 N–H and O–H groups in total. The number of hydrogen-bond donors (Lipinski definition) is 2. The van der Waals surface area contributed by atoms with Gasteiger partial charge in [0.25, 0.3) is 0 Å². The van der Waals surface area contributed by atoms with E-state index in [1.807, 2.05) is 6.92 Å². The molecule has 0 unspecified atom stereocenters. The molecule has 0 aromatic heterocycles. The quantitative estimate of drug-likeness (QED) is 0.763. The molecule has 0 radical (unpaired) electrons. The molecule has 0 amide bonds. The summed E-state index contributed by atoms with van der Waals surface area (Å²) >= 11 is 0. The van der Waals surface area contributed by atoms with Gasteiger partial charge in [0.1, 0.15) is 17.3 Å². The van der Waals surface area contributed by atoms with E-state index in [2.05, 4.69) is 5.32 Å². The Labute approximate surface area is 92.1 Å². The van der Waals surface area contributed by atoms with Gasteiger partial charge in [-0.25, -0.2) is 13.6 Å². The van der Waals surface area contributed by atoms with E-state index in [1.165, 1.54) is 0 Å². The second kappa shape index (κ2) is 5.44. The topological polar surface area (TPSA) is 49.3 Å². The molecule has 0 bridgehead atoms. The lowest BCUT2D eigenvalue weighted by Gasteiger charge is -2.08. The summed E-state index contributed by atoms with van der Waals surface area (Å²) < 4.78 is 26.7. The predicted molar refractivity (Wildman–Crippen MR) is 56.7 cm³/mol. The number of aromatic carboxylic acids is 1. The fraction of sp³-hybridized carbons (Fsp3) is 0.364. The summed E-state index contributed by atoms with van der Waals surface area (Å²) in [5.74, 6) is -3.11. The molecule has 0 atom stereocenters. The number of anilines is 1. The summed E-state index contributed by atoms with van der Waals surface area (Å²) in [5, 5.41) is 11.2. The van der Waals surface area contributed by atoms with Gasteiger partial charge in [-0.05, 0) is 18.6 Å². The number of hydrogen-bond acceptors (Lipinski definition) is 2. The number of unbranched alkanes of at least 4 members (excludes halogenated alkanes) is 1. The van der Waals surface area contributed by atoms with Crippen LogP contribution < -0.4 is 5.32 Å². The van der Waals surface area contributed by atoms with Crippen LogP contribution >= 0.6 is 0 Å². The van der Waals surface area contributed by atoms with Crippen molar-refractivity contribution in [1.29, 1.82) is 0 Å². The van der Waals surface area contributed by atoms with Crippen molar-refractivity contribution in [1.82, 2.24) is 0 Å². The Morgan fingerprint density at radius 3 is 2.38 bits per heavy atom. The molecule has 0 aliphatic heterocycles. The van der Waals surface area contributed by atoms with Gasteiger partial charge in [0.15, 0.2) is 0 Å². The molecule has 1 aromatic rings. The maximum Gasteiger partial charge on any atom is 0.335 e. The van der Waals surface area contributed by atoms with Crippen LogP contribution in [-0.2, 0) is 0 Å². The van der Waals surface area contributed by atoms with Crippen LogP contribution in [0.15, 0.2) is 12.1 Å². The van der Waals surface area contributed by atoms with E-state index in [9.17, 15) is 13.6 Å². The van der Waals surface area contributed by atoms with E-state index in [4.69, 9.17) is 5.11 Å². The minimum absolute atomic E-state index is 0.265. The maximum absolute atomic E-state index is 13.3. The van der Waals surface area contributed by atoms with Crippen molar-refractivity contribution in [3.63, 3.8) is 0 Å². The summed E-state index contributed by atoms with van der Waals surface area (Å²) in [6.45, 7) is 2.42. The first-order chi connectivity index (χ1) is 7.56. The zero-order valence-corrected chi connectivity index (χ0v) is 8.89. The molecule has 1 aromatic carbocycles. The number of halogens is 2. The Morgan fingerprint density at radius 1 is 1.38 bits per heavy atom. The van der Waals surface area contributed by atoms with Crippen molar-refractivity contribution in [3.05, 3.63) is 29.3 Å². The minimum atomic E-state index is -1.35. The third kappa shape index (κ3) is 2.92. The smallest absolute Gasteiger partial charge is 0.335 e. The monoisotopic (exact) mass is 229 g/mol. The minimum Gasteiger partial charge on any atom is -0.478 e. The van der Waals surface area contributed by atoms with E-state index < -0.39 is 23.2 Å². The van der Waals surface area contributed by atoms with E-state index in [1.54, 1.807) is 0 Å². The summed E-state index contributed by atoms with van der Waals surface area (Å²) in [4.78, 5) is 10.5. The fourth-order valence-corrected chi connectivity index (χ4v) is 1.26. The summed E-state index contributed by atoms with van der Waals surface area (Å²) in [7, 11) is 0. The van der Waals surface area contributed by atoms with Crippen LogP contribution in [0.2, 0.25) is 0 Å². The number of carbonyl (C=O) groups is 1. The van der Waals surface area contributed by atoms with Crippen molar-refractivity contribution in [3.8, 4) is 0 Å². The first-order valence-corrected chi connectivity index (χ1v) is 5.02. The molecule has 5 heteroatoms. The summed E-state index contributed by atoms with van der Waals surface area (Å²) in [6.07, 6.45) is 1.70. The highest BCUT2D eigenvalue weighted by Gasteiger charge is 2.13. The normalized spacial score (nSPS) is 10.2. The average molecular weight is 229 g/mol. The van der Waals surface area contributed by atoms with Crippen LogP contribution in [0.5, 0.6) is 0 Å². The van der Waals surface area contributed by atoms with Gasteiger partial charge in [-0.2, -0.15) is 0 Å². The Kier molecular flexibility index (Phi) is 4.22. The molecule has 0 aliphatic rings. The molecule has 1 rings (SSSR count). The third-order valence-corrected chi connectivity index (χ3v) is 2.12. The lowest BCUT2D eigenvalue weighted by atomic mass is 10.2. The number of carboxylic acids is 1. The Bertz CT molecular complexity index is 371. The third-order valence-electron chi connectivity index (χ3n) is 2.12. The van der Waals surface area contributed by atoms with Crippen LogP contribution in [0, 0.1) is 11.6 Å². The van der Waals surface area contributed by atoms with Gasteiger partial charge >= 0.3 is 5.97 Å². The highest BCUT2D eigenvalue weighted by molar-refractivity contribution is 5.88. The second-order valence-electron chi connectivity index (χ2n) is 3.40. The van der Waals surface area contributed by atoms with E-state index >= 15 is 0 Å². The van der Waals surface area contributed by atoms with Crippen LogP contribution in [0.1, 0.15) is 30.1 Å². The molecule has 3 nitrogen and oxygen atoms in total. The van der Waals surface area contributed by atoms with Crippen molar-refractivity contribution in [2.24, 2.45) is 0 Å². The molecular weight excluding hydrogens is 216 g/mol. The van der Waals surface area contributed by atoms with Crippen molar-refractivity contribution in [2.75, 3.05) is 11.9 Å². The SMILES string of the molecule is CCCCNc1c(F)cc(C(=O)O)cc1F. The Morgan fingerprint density at radius 2 is 1.94 bits per heavy atom. The average Bonchev–Trinajstić information content (AvgIpc) is 2.21. The van der Waals surface area contributed by atoms with E-state index in [0.717, 1.165) is 25.0 Å². The van der Waals surface area contributed by atoms with Crippen LogP contribution in [0.25, 0.3) is 0 Å². The standard InChI is InChI=1S/C11H13F2NO2/c1-2-3-4-14-10-8(12)5-7(11(15)16)6-9(10)13/h5-6,14H,2-4H2,1H3,(H,15,16). The van der Waals surface area contributed by atoms with Gasteiger partial charge in [0.05, 0.1) is 5.56 Å². The van der Waals surface area contributed by atoms with Gasteiger partial charge < -0.3 is 10.4 Å². The first-order valence-electron chi connectivity index (χ1n) is 5.02. The zero-order chi connectivity index (χ0) is 12.1. The molecule has 16 heavy (non-hydrogen) atoms. The van der Waals surface area contributed by atoms with Gasteiger partial charge in [-0.1, -0.05) is 13.3 Å². The number of carboxylic acid groups (broad SMARTS) is 1. The van der Waals surface area contributed by atoms with Crippen molar-refractivity contribution >= 4 is 11.7 Å². The number of rotatable bonds is 5. The lowest BCUT2D eigenvalue weighted by Crippen LogP contribution is -2.07. The molecule has 0 fully saturated rings. The molecule has 0 aliphatic carbocycles. The molecule has 0 saturated heterocycles. The van der Waals surface area contributed by atoms with Gasteiger partial charge in [0.2, 0.25) is 0 Å². The number of benzene rings is 1. The highest BCUT2D eigenvalue weighted by atomic mass is 19.1. The fourth-order valence-electron chi connectivity index (χ4n) is 1.26.